The van der Waals surface area contributed by atoms with Crippen LogP contribution in [0.3, 0.4) is 0 Å². The van der Waals surface area contributed by atoms with Crippen LogP contribution in [0.15, 0.2) is 34.2 Å². The molecule has 0 amide bonds. The number of nitrogens with two attached hydrogens (primary N) is 1. The van der Waals surface area contributed by atoms with Crippen molar-refractivity contribution in [3.63, 3.8) is 0 Å². The van der Waals surface area contributed by atoms with Gasteiger partial charge >= 0.3 is 0 Å². The van der Waals surface area contributed by atoms with E-state index in [0.717, 1.165) is 5.56 Å². The molecule has 0 fully saturated rings. The van der Waals surface area contributed by atoms with Crippen molar-refractivity contribution in [2.45, 2.75) is 30.9 Å². The SMILES string of the molecule is CN=C(NCc1cccc(S(N)(=O)=O)c1)NCC(C)(C)OC. The van der Waals surface area contributed by atoms with E-state index in [1.807, 2.05) is 19.9 Å². The molecule has 8 heteroatoms. The second-order valence-corrected chi connectivity index (χ2v) is 7.00. The Morgan fingerprint density at radius 2 is 2.05 bits per heavy atom. The summed E-state index contributed by atoms with van der Waals surface area (Å²) in [6, 6.07) is 6.47. The van der Waals surface area contributed by atoms with Gasteiger partial charge < -0.3 is 15.4 Å². The Labute approximate surface area is 132 Å². The van der Waals surface area contributed by atoms with E-state index in [0.29, 0.717) is 19.0 Å². The number of benzene rings is 1. The van der Waals surface area contributed by atoms with Crippen LogP contribution in [0.2, 0.25) is 0 Å². The van der Waals surface area contributed by atoms with Gasteiger partial charge in [-0.1, -0.05) is 12.1 Å². The summed E-state index contributed by atoms with van der Waals surface area (Å²) in [5, 5.41) is 11.4. The number of nitrogens with zero attached hydrogens (tertiary/aromatic N) is 1. The third-order valence-electron chi connectivity index (χ3n) is 3.14. The quantitative estimate of drug-likeness (QED) is 0.518. The van der Waals surface area contributed by atoms with Gasteiger partial charge in [0.2, 0.25) is 10.0 Å². The molecule has 124 valence electrons. The summed E-state index contributed by atoms with van der Waals surface area (Å²) in [6.07, 6.45) is 0. The lowest BCUT2D eigenvalue weighted by molar-refractivity contribution is 0.0268. The first-order chi connectivity index (χ1) is 10.2. The minimum absolute atomic E-state index is 0.0928. The molecule has 0 bridgehead atoms. The van der Waals surface area contributed by atoms with Gasteiger partial charge in [0.05, 0.1) is 10.5 Å². The molecule has 1 aromatic carbocycles. The number of sulfonamides is 1. The highest BCUT2D eigenvalue weighted by Crippen LogP contribution is 2.09. The van der Waals surface area contributed by atoms with Crippen LogP contribution < -0.4 is 15.8 Å². The van der Waals surface area contributed by atoms with Gasteiger partial charge in [-0.2, -0.15) is 0 Å². The summed E-state index contributed by atoms with van der Waals surface area (Å²) < 4.78 is 28.0. The maximum Gasteiger partial charge on any atom is 0.238 e. The molecule has 0 saturated carbocycles. The lowest BCUT2D eigenvalue weighted by atomic mass is 10.1. The Hall–Kier alpha value is -1.64. The highest BCUT2D eigenvalue weighted by Gasteiger charge is 2.16. The number of guanidine groups is 1. The first kappa shape index (κ1) is 18.4. The minimum Gasteiger partial charge on any atom is -0.377 e. The Kier molecular flexibility index (Phi) is 6.34. The summed E-state index contributed by atoms with van der Waals surface area (Å²) in [5.74, 6) is 0.603. The van der Waals surface area contributed by atoms with Crippen LogP contribution in [-0.4, -0.2) is 40.7 Å². The fourth-order valence-corrected chi connectivity index (χ4v) is 2.19. The fourth-order valence-electron chi connectivity index (χ4n) is 1.61. The molecule has 0 atom stereocenters. The van der Waals surface area contributed by atoms with Gasteiger partial charge in [-0.25, -0.2) is 13.6 Å². The van der Waals surface area contributed by atoms with Gasteiger partial charge in [-0.15, -0.1) is 0 Å². The highest BCUT2D eigenvalue weighted by molar-refractivity contribution is 7.89. The molecule has 1 aromatic rings. The van der Waals surface area contributed by atoms with Crippen molar-refractivity contribution in [3.8, 4) is 0 Å². The second kappa shape index (κ2) is 7.57. The zero-order valence-electron chi connectivity index (χ0n) is 13.4. The molecule has 7 nitrogen and oxygen atoms in total. The van der Waals surface area contributed by atoms with Crippen molar-refractivity contribution in [1.82, 2.24) is 10.6 Å². The van der Waals surface area contributed by atoms with Gasteiger partial charge in [0.15, 0.2) is 5.96 Å². The Balaban J connectivity index is 2.65. The Morgan fingerprint density at radius 3 is 2.59 bits per heavy atom. The number of ether oxygens (including phenoxy) is 1. The minimum atomic E-state index is -3.69. The van der Waals surface area contributed by atoms with Crippen molar-refractivity contribution >= 4 is 16.0 Å². The van der Waals surface area contributed by atoms with E-state index < -0.39 is 10.0 Å². The number of nitrogens with one attached hydrogen (secondary N) is 2. The number of methoxy groups -OCH3 is 1. The summed E-state index contributed by atoms with van der Waals surface area (Å²) in [7, 11) is -0.381. The molecule has 4 N–H and O–H groups in total. The van der Waals surface area contributed by atoms with Crippen LogP contribution in [0, 0.1) is 0 Å². The predicted molar refractivity (Wildman–Crippen MR) is 87.1 cm³/mol. The number of aliphatic imine (C=N–C) groups is 1. The van der Waals surface area contributed by atoms with Crippen molar-refractivity contribution in [2.24, 2.45) is 10.1 Å². The lowest BCUT2D eigenvalue weighted by Gasteiger charge is -2.24. The molecule has 0 aliphatic carbocycles. The number of hydrogen-bond donors (Lipinski definition) is 3. The van der Waals surface area contributed by atoms with Crippen molar-refractivity contribution in [3.05, 3.63) is 29.8 Å². The van der Waals surface area contributed by atoms with Crippen LogP contribution >= 0.6 is 0 Å². The molecule has 0 spiro atoms. The number of rotatable bonds is 6. The van der Waals surface area contributed by atoms with Crippen LogP contribution in [0.4, 0.5) is 0 Å². The van der Waals surface area contributed by atoms with E-state index >= 15 is 0 Å². The zero-order chi connectivity index (χ0) is 16.8. The first-order valence-corrected chi connectivity index (χ1v) is 8.34. The largest absolute Gasteiger partial charge is 0.377 e. The maximum absolute atomic E-state index is 11.3. The van der Waals surface area contributed by atoms with Gasteiger partial charge in [0.1, 0.15) is 0 Å². The Bertz CT molecular complexity index is 627. The molecule has 0 unspecified atom stereocenters. The first-order valence-electron chi connectivity index (χ1n) is 6.79. The molecule has 22 heavy (non-hydrogen) atoms. The molecule has 0 aromatic heterocycles. The molecular formula is C14H24N4O3S. The van der Waals surface area contributed by atoms with Gasteiger partial charge in [0.25, 0.3) is 0 Å². The summed E-state index contributed by atoms with van der Waals surface area (Å²) in [5.41, 5.74) is 0.478. The topological polar surface area (TPSA) is 106 Å². The molecule has 0 heterocycles. The number of primary sulfonamides is 1. The fraction of sp³-hybridized carbons (Fsp3) is 0.500. The third kappa shape index (κ3) is 6.00. The van der Waals surface area contributed by atoms with Gasteiger partial charge in [-0.05, 0) is 31.5 Å². The van der Waals surface area contributed by atoms with E-state index in [9.17, 15) is 8.42 Å². The Morgan fingerprint density at radius 1 is 1.36 bits per heavy atom. The number of hydrogen-bond acceptors (Lipinski definition) is 4. The maximum atomic E-state index is 11.3. The third-order valence-corrected chi connectivity index (χ3v) is 4.06. The van der Waals surface area contributed by atoms with Crippen molar-refractivity contribution in [2.75, 3.05) is 20.7 Å². The van der Waals surface area contributed by atoms with Crippen molar-refractivity contribution < 1.29 is 13.2 Å². The van der Waals surface area contributed by atoms with Crippen LogP contribution in [0.25, 0.3) is 0 Å². The molecular weight excluding hydrogens is 304 g/mol. The van der Waals surface area contributed by atoms with E-state index in [4.69, 9.17) is 9.88 Å². The molecule has 0 aliphatic heterocycles. The van der Waals surface area contributed by atoms with E-state index in [1.54, 1.807) is 20.2 Å². The van der Waals surface area contributed by atoms with Gasteiger partial charge in [0, 0.05) is 27.2 Å². The average molecular weight is 328 g/mol. The van der Waals surface area contributed by atoms with E-state index in [1.165, 1.54) is 12.1 Å². The average Bonchev–Trinajstić information content (AvgIpc) is 2.47. The normalized spacial score (nSPS) is 13.0. The molecule has 0 aliphatic rings. The predicted octanol–water partition coefficient (Wildman–Crippen LogP) is 0.424. The lowest BCUT2D eigenvalue weighted by Crippen LogP contribution is -2.45. The van der Waals surface area contributed by atoms with Crippen LogP contribution in [-0.2, 0) is 21.3 Å². The van der Waals surface area contributed by atoms with Crippen LogP contribution in [0.5, 0.6) is 0 Å². The zero-order valence-corrected chi connectivity index (χ0v) is 14.2. The summed E-state index contributed by atoms with van der Waals surface area (Å²) in [6.45, 7) is 4.93. The molecule has 1 rings (SSSR count). The smallest absolute Gasteiger partial charge is 0.238 e. The summed E-state index contributed by atoms with van der Waals surface area (Å²) >= 11 is 0. The monoisotopic (exact) mass is 328 g/mol. The van der Waals surface area contributed by atoms with Crippen LogP contribution in [0.1, 0.15) is 19.4 Å². The summed E-state index contributed by atoms with van der Waals surface area (Å²) in [4.78, 5) is 4.20. The standard InChI is InChI=1S/C14H24N4O3S/c1-14(2,21-4)10-18-13(16-3)17-9-11-6-5-7-12(8-11)22(15,19)20/h5-8H,9-10H2,1-4H3,(H2,15,19,20)(H2,16,17,18). The van der Waals surface area contributed by atoms with E-state index in [-0.39, 0.29) is 10.5 Å². The highest BCUT2D eigenvalue weighted by atomic mass is 32.2. The van der Waals surface area contributed by atoms with Crippen molar-refractivity contribution in [1.29, 1.82) is 0 Å². The molecule has 0 radical (unpaired) electrons. The molecule has 0 saturated heterocycles. The second-order valence-electron chi connectivity index (χ2n) is 5.44. The van der Waals surface area contributed by atoms with E-state index in [2.05, 4.69) is 15.6 Å². The van der Waals surface area contributed by atoms with Gasteiger partial charge in [-0.3, -0.25) is 4.99 Å².